The van der Waals surface area contributed by atoms with Crippen molar-refractivity contribution in [2.24, 2.45) is 5.73 Å². The molecular weight excluding hydrogens is 435 g/mol. The monoisotopic (exact) mass is 449 g/mol. The van der Waals surface area contributed by atoms with Crippen molar-refractivity contribution < 1.29 is 4.79 Å². The van der Waals surface area contributed by atoms with Gasteiger partial charge in [0.05, 0.1) is 17.6 Å². The van der Waals surface area contributed by atoms with Crippen LogP contribution in [0.4, 0.5) is 0 Å². The number of fused-ring (bicyclic) bond motifs is 3. The lowest BCUT2D eigenvalue weighted by Gasteiger charge is -2.09. The zero-order valence-corrected chi connectivity index (χ0v) is 18.0. The van der Waals surface area contributed by atoms with E-state index in [0.717, 1.165) is 32.9 Å². The maximum absolute atomic E-state index is 12.1. The third-order valence-corrected chi connectivity index (χ3v) is 6.61. The average Bonchev–Trinajstić information content (AvgIpc) is 3.34. The van der Waals surface area contributed by atoms with Crippen LogP contribution >= 0.6 is 34.5 Å². The molecule has 6 heteroatoms. The Hall–Kier alpha value is -2.79. The van der Waals surface area contributed by atoms with Crippen molar-refractivity contribution in [3.8, 4) is 11.1 Å². The van der Waals surface area contributed by atoms with Crippen molar-refractivity contribution >= 4 is 62.3 Å². The Morgan fingerprint density at radius 3 is 2.67 bits per heavy atom. The fourth-order valence-corrected chi connectivity index (χ4v) is 5.08. The number of hydrogen-bond donors (Lipinski definition) is 1. The quantitative estimate of drug-likeness (QED) is 0.323. The van der Waals surface area contributed by atoms with Gasteiger partial charge in [-0.3, -0.25) is 4.79 Å². The Morgan fingerprint density at radius 2 is 1.93 bits per heavy atom. The first-order valence-electron chi connectivity index (χ1n) is 9.27. The van der Waals surface area contributed by atoms with Crippen LogP contribution in [0, 0.1) is 6.07 Å². The topological polar surface area (TPSA) is 48.0 Å². The van der Waals surface area contributed by atoms with E-state index in [2.05, 4.69) is 28.1 Å². The minimum Gasteiger partial charge on any atom is -0.366 e. The van der Waals surface area contributed by atoms with Crippen molar-refractivity contribution in [3.05, 3.63) is 92.6 Å². The summed E-state index contributed by atoms with van der Waals surface area (Å²) in [6, 6.07) is 22.6. The van der Waals surface area contributed by atoms with Gasteiger partial charge in [-0.1, -0.05) is 41.4 Å². The Morgan fingerprint density at radius 1 is 1.07 bits per heavy atom. The normalized spacial score (nSPS) is 11.4. The zero-order chi connectivity index (χ0) is 20.8. The Balaban J connectivity index is 1.82. The number of nitrogens with two attached hydrogens (primary N) is 1. The number of aromatic nitrogens is 1. The highest BCUT2D eigenvalue weighted by Crippen LogP contribution is 2.37. The van der Waals surface area contributed by atoms with E-state index in [4.69, 9.17) is 28.9 Å². The van der Waals surface area contributed by atoms with Crippen LogP contribution in [-0.2, 0) is 6.54 Å². The summed E-state index contributed by atoms with van der Waals surface area (Å²) in [6.07, 6.45) is 0. The molecule has 1 amide bonds. The summed E-state index contributed by atoms with van der Waals surface area (Å²) in [5.41, 5.74) is 9.90. The van der Waals surface area contributed by atoms with Crippen LogP contribution in [0.25, 0.3) is 32.9 Å². The summed E-state index contributed by atoms with van der Waals surface area (Å²) < 4.78 is 2.20. The van der Waals surface area contributed by atoms with Gasteiger partial charge >= 0.3 is 0 Å². The maximum atomic E-state index is 12.1. The fraction of sp³-hybridized carbons (Fsp3) is 0.0417. The summed E-state index contributed by atoms with van der Waals surface area (Å²) in [7, 11) is 0. The molecular formula is C24H15Cl2N2OS. The van der Waals surface area contributed by atoms with Crippen molar-refractivity contribution in [2.75, 3.05) is 0 Å². The number of benzene rings is 3. The molecule has 0 atom stereocenters. The lowest BCUT2D eigenvalue weighted by atomic mass is 10.0. The molecule has 30 heavy (non-hydrogen) atoms. The van der Waals surface area contributed by atoms with Crippen LogP contribution in [0.15, 0.2) is 66.0 Å². The third-order valence-electron chi connectivity index (χ3n) is 5.20. The first-order chi connectivity index (χ1) is 14.5. The van der Waals surface area contributed by atoms with E-state index in [0.29, 0.717) is 22.2 Å². The third kappa shape index (κ3) is 3.18. The maximum Gasteiger partial charge on any atom is 0.249 e. The van der Waals surface area contributed by atoms with E-state index in [-0.39, 0.29) is 0 Å². The Bertz CT molecular complexity index is 1420. The molecule has 0 unspecified atom stereocenters. The fourth-order valence-electron chi connectivity index (χ4n) is 3.87. The summed E-state index contributed by atoms with van der Waals surface area (Å²) in [4.78, 5) is 13.3. The lowest BCUT2D eigenvalue weighted by Crippen LogP contribution is -2.11. The van der Waals surface area contributed by atoms with E-state index >= 15 is 0 Å². The molecule has 0 spiro atoms. The first kappa shape index (κ1) is 19.2. The second-order valence-electron chi connectivity index (χ2n) is 7.00. The molecule has 0 aliphatic heterocycles. The van der Waals surface area contributed by atoms with Gasteiger partial charge in [0.2, 0.25) is 5.91 Å². The van der Waals surface area contributed by atoms with Gasteiger partial charge in [0.15, 0.2) is 0 Å². The molecule has 147 valence electrons. The summed E-state index contributed by atoms with van der Waals surface area (Å²) in [5, 5.41) is 4.92. The van der Waals surface area contributed by atoms with Crippen LogP contribution in [0.1, 0.15) is 15.2 Å². The second kappa shape index (κ2) is 7.47. The Kier molecular flexibility index (Phi) is 4.78. The smallest absolute Gasteiger partial charge is 0.249 e. The molecule has 5 rings (SSSR count). The standard InChI is InChI=1S/C24H15Cl2N2OS/c25-15-7-9-17(20(26)12-15)14-6-8-18-22(11-14)28(13-16-3-2-10-30-16)21-5-1-4-19(23(18)21)24(27)29/h1-7,9-12H,13H2,(H2,27,29). The second-order valence-corrected chi connectivity index (χ2v) is 8.88. The number of carbonyl (C=O) groups excluding carboxylic acids is 1. The van der Waals surface area contributed by atoms with E-state index < -0.39 is 5.91 Å². The molecule has 3 aromatic carbocycles. The summed E-state index contributed by atoms with van der Waals surface area (Å²) in [6.45, 7) is 0.686. The number of carbonyl (C=O) groups is 1. The molecule has 0 saturated heterocycles. The van der Waals surface area contributed by atoms with Gasteiger partial charge in [-0.05, 0) is 59.5 Å². The molecule has 0 saturated carbocycles. The van der Waals surface area contributed by atoms with E-state index in [1.54, 1.807) is 23.5 Å². The minimum absolute atomic E-state index is 0.450. The van der Waals surface area contributed by atoms with E-state index in [9.17, 15) is 4.79 Å². The molecule has 1 radical (unpaired) electrons. The largest absolute Gasteiger partial charge is 0.366 e. The molecule has 0 aliphatic carbocycles. The van der Waals surface area contributed by atoms with Gasteiger partial charge in [-0.15, -0.1) is 11.3 Å². The van der Waals surface area contributed by atoms with Crippen molar-refractivity contribution in [1.29, 1.82) is 0 Å². The zero-order valence-electron chi connectivity index (χ0n) is 15.7. The summed E-state index contributed by atoms with van der Waals surface area (Å²) >= 11 is 14.2. The first-order valence-corrected chi connectivity index (χ1v) is 10.9. The number of hydrogen-bond acceptors (Lipinski definition) is 2. The van der Waals surface area contributed by atoms with Crippen molar-refractivity contribution in [1.82, 2.24) is 4.57 Å². The van der Waals surface area contributed by atoms with Gasteiger partial charge in [-0.25, -0.2) is 0 Å². The SMILES string of the molecule is NC(=O)c1cccc2c1c1[c]cc(-c3ccc(Cl)cc3Cl)cc1n2Cc1cccs1. The van der Waals surface area contributed by atoms with Crippen molar-refractivity contribution in [3.63, 3.8) is 0 Å². The van der Waals surface area contributed by atoms with Crippen LogP contribution in [-0.4, -0.2) is 10.5 Å². The van der Waals surface area contributed by atoms with Crippen LogP contribution in [0.3, 0.4) is 0 Å². The summed E-state index contributed by atoms with van der Waals surface area (Å²) in [5.74, 6) is -0.450. The molecule has 0 aliphatic rings. The van der Waals surface area contributed by atoms with Gasteiger partial charge in [-0.2, -0.15) is 0 Å². The van der Waals surface area contributed by atoms with E-state index in [1.807, 2.05) is 36.4 Å². The number of amides is 1. The molecule has 3 nitrogen and oxygen atoms in total. The van der Waals surface area contributed by atoms with Crippen LogP contribution in [0.5, 0.6) is 0 Å². The van der Waals surface area contributed by atoms with Gasteiger partial charge in [0, 0.05) is 36.8 Å². The molecule has 0 bridgehead atoms. The molecule has 2 heterocycles. The van der Waals surface area contributed by atoms with Crippen molar-refractivity contribution in [2.45, 2.75) is 6.54 Å². The minimum atomic E-state index is -0.450. The predicted molar refractivity (Wildman–Crippen MR) is 126 cm³/mol. The molecule has 2 aromatic heterocycles. The predicted octanol–water partition coefficient (Wildman–Crippen LogP) is 6.78. The van der Waals surface area contributed by atoms with Crippen LogP contribution in [0.2, 0.25) is 10.0 Å². The van der Waals surface area contributed by atoms with Gasteiger partial charge < -0.3 is 10.3 Å². The van der Waals surface area contributed by atoms with E-state index in [1.165, 1.54) is 4.88 Å². The number of primary amides is 1. The number of thiophene rings is 1. The average molecular weight is 450 g/mol. The Labute approximate surface area is 187 Å². The molecule has 2 N–H and O–H groups in total. The number of halogens is 2. The lowest BCUT2D eigenvalue weighted by molar-refractivity contribution is 0.100. The highest BCUT2D eigenvalue weighted by atomic mass is 35.5. The molecule has 5 aromatic rings. The number of rotatable bonds is 4. The number of nitrogens with zero attached hydrogens (tertiary/aromatic N) is 1. The highest BCUT2D eigenvalue weighted by Gasteiger charge is 2.18. The van der Waals surface area contributed by atoms with Gasteiger partial charge in [0.25, 0.3) is 0 Å². The van der Waals surface area contributed by atoms with Gasteiger partial charge in [0.1, 0.15) is 0 Å². The van der Waals surface area contributed by atoms with Crippen LogP contribution < -0.4 is 5.73 Å². The molecule has 0 fully saturated rings. The highest BCUT2D eigenvalue weighted by molar-refractivity contribution is 7.09.